The maximum absolute atomic E-state index is 5.32. The maximum Gasteiger partial charge on any atom is 0.0628 e. The molecule has 0 heterocycles. The molecule has 0 bridgehead atoms. The Kier molecular flexibility index (Phi) is 10.7. The van der Waals surface area contributed by atoms with Crippen molar-refractivity contribution in [2.75, 3.05) is 39.9 Å². The normalized spacial score (nSPS) is 13.8. The van der Waals surface area contributed by atoms with Gasteiger partial charge in [-0.15, -0.1) is 0 Å². The molecule has 1 atom stereocenters. The van der Waals surface area contributed by atoms with Crippen molar-refractivity contribution in [3.05, 3.63) is 0 Å². The molecule has 0 rings (SSSR count). The Hall–Kier alpha value is -0.120. The third kappa shape index (κ3) is 9.86. The van der Waals surface area contributed by atoms with Gasteiger partial charge in [-0.1, -0.05) is 34.6 Å². The van der Waals surface area contributed by atoms with E-state index in [1.165, 1.54) is 19.5 Å². The summed E-state index contributed by atoms with van der Waals surface area (Å²) in [5, 5.41) is 3.58. The zero-order chi connectivity index (χ0) is 14.0. The largest absolute Gasteiger partial charge is 0.383 e. The van der Waals surface area contributed by atoms with Crippen LogP contribution in [0.3, 0.4) is 0 Å². The van der Waals surface area contributed by atoms with Crippen LogP contribution in [0.25, 0.3) is 0 Å². The van der Waals surface area contributed by atoms with Crippen molar-refractivity contribution in [2.24, 2.45) is 11.8 Å². The summed E-state index contributed by atoms with van der Waals surface area (Å²) < 4.78 is 5.32. The van der Waals surface area contributed by atoms with E-state index in [0.29, 0.717) is 6.04 Å². The fraction of sp³-hybridized carbons (Fsp3) is 1.00. The predicted molar refractivity (Wildman–Crippen MR) is 80.1 cm³/mol. The van der Waals surface area contributed by atoms with Crippen molar-refractivity contribution in [3.63, 3.8) is 0 Å². The lowest BCUT2D eigenvalue weighted by Crippen LogP contribution is -2.46. The first-order chi connectivity index (χ1) is 8.49. The van der Waals surface area contributed by atoms with Crippen LogP contribution in [0.5, 0.6) is 0 Å². The van der Waals surface area contributed by atoms with Crippen molar-refractivity contribution < 1.29 is 4.74 Å². The van der Waals surface area contributed by atoms with E-state index < -0.39 is 0 Å². The van der Waals surface area contributed by atoms with Crippen LogP contribution in [0.4, 0.5) is 0 Å². The molecule has 0 amide bonds. The van der Waals surface area contributed by atoms with Crippen molar-refractivity contribution in [1.29, 1.82) is 0 Å². The Balaban J connectivity index is 4.27. The molecule has 110 valence electrons. The van der Waals surface area contributed by atoms with Crippen LogP contribution in [0, 0.1) is 11.8 Å². The van der Waals surface area contributed by atoms with Gasteiger partial charge in [-0.3, -0.25) is 0 Å². The third-order valence-corrected chi connectivity index (χ3v) is 2.78. The number of hydrogen-bond donors (Lipinski definition) is 1. The second-order valence-electron chi connectivity index (χ2n) is 6.11. The van der Waals surface area contributed by atoms with Crippen molar-refractivity contribution in [3.8, 4) is 0 Å². The van der Waals surface area contributed by atoms with Crippen molar-refractivity contribution in [1.82, 2.24) is 10.2 Å². The first kappa shape index (κ1) is 17.9. The van der Waals surface area contributed by atoms with Crippen molar-refractivity contribution >= 4 is 0 Å². The summed E-state index contributed by atoms with van der Waals surface area (Å²) in [6, 6.07) is 0.451. The molecule has 0 aromatic rings. The van der Waals surface area contributed by atoms with Crippen LogP contribution in [0.2, 0.25) is 0 Å². The van der Waals surface area contributed by atoms with Gasteiger partial charge < -0.3 is 15.0 Å². The molecule has 1 unspecified atom stereocenters. The summed E-state index contributed by atoms with van der Waals surface area (Å²) in [5.41, 5.74) is 0. The highest BCUT2D eigenvalue weighted by atomic mass is 16.5. The summed E-state index contributed by atoms with van der Waals surface area (Å²) in [4.78, 5) is 2.57. The van der Waals surface area contributed by atoms with Gasteiger partial charge in [-0.2, -0.15) is 0 Å². The second kappa shape index (κ2) is 10.8. The lowest BCUT2D eigenvalue weighted by atomic mass is 10.1. The number of nitrogens with one attached hydrogen (secondary N) is 1. The average Bonchev–Trinajstić information content (AvgIpc) is 2.24. The van der Waals surface area contributed by atoms with E-state index in [9.17, 15) is 0 Å². The summed E-state index contributed by atoms with van der Waals surface area (Å²) in [6.45, 7) is 16.7. The molecule has 0 aromatic carbocycles. The Morgan fingerprint density at radius 2 is 1.56 bits per heavy atom. The smallest absolute Gasteiger partial charge is 0.0628 e. The predicted octanol–water partition coefficient (Wildman–Crippen LogP) is 2.62. The molecule has 0 saturated heterocycles. The number of hydrogen-bond acceptors (Lipinski definition) is 3. The topological polar surface area (TPSA) is 24.5 Å². The van der Waals surface area contributed by atoms with Crippen LogP contribution < -0.4 is 5.32 Å². The Morgan fingerprint density at radius 3 is 1.94 bits per heavy atom. The van der Waals surface area contributed by atoms with Gasteiger partial charge in [0.1, 0.15) is 0 Å². The first-order valence-corrected chi connectivity index (χ1v) is 7.44. The Morgan fingerprint density at radius 1 is 1.00 bits per heavy atom. The summed E-state index contributed by atoms with van der Waals surface area (Å²) in [6.07, 6.45) is 1.18. The number of nitrogens with zero attached hydrogens (tertiary/aromatic N) is 1. The van der Waals surface area contributed by atoms with Crippen molar-refractivity contribution in [2.45, 2.75) is 47.1 Å². The molecule has 0 aliphatic rings. The fourth-order valence-corrected chi connectivity index (χ4v) is 2.29. The number of ether oxygens (including phenoxy) is 1. The van der Waals surface area contributed by atoms with Crippen LogP contribution in [0.1, 0.15) is 41.0 Å². The van der Waals surface area contributed by atoms with E-state index in [2.05, 4.69) is 44.8 Å². The van der Waals surface area contributed by atoms with Crippen LogP contribution in [-0.2, 0) is 4.74 Å². The third-order valence-electron chi connectivity index (χ3n) is 2.78. The fourth-order valence-electron chi connectivity index (χ4n) is 2.29. The van der Waals surface area contributed by atoms with Gasteiger partial charge in [0.25, 0.3) is 0 Å². The van der Waals surface area contributed by atoms with Gasteiger partial charge in [0.2, 0.25) is 0 Å². The Labute approximate surface area is 114 Å². The van der Waals surface area contributed by atoms with Gasteiger partial charge >= 0.3 is 0 Å². The molecule has 0 aromatic heterocycles. The van der Waals surface area contributed by atoms with E-state index >= 15 is 0 Å². The zero-order valence-corrected chi connectivity index (χ0v) is 13.3. The lowest BCUT2D eigenvalue weighted by Gasteiger charge is -2.30. The summed E-state index contributed by atoms with van der Waals surface area (Å²) in [7, 11) is 1.79. The van der Waals surface area contributed by atoms with Gasteiger partial charge in [0.15, 0.2) is 0 Å². The standard InChI is InChI=1S/C15H34N2O/c1-7-8-16-15(12-18-6)11-17(9-13(2)3)10-14(4)5/h13-16H,7-12H2,1-6H3. The number of methoxy groups -OCH3 is 1. The zero-order valence-electron chi connectivity index (χ0n) is 13.3. The van der Waals surface area contributed by atoms with E-state index in [4.69, 9.17) is 4.74 Å². The SMILES string of the molecule is CCCNC(COC)CN(CC(C)C)CC(C)C. The molecule has 0 saturated carbocycles. The van der Waals surface area contributed by atoms with E-state index in [-0.39, 0.29) is 0 Å². The summed E-state index contributed by atoms with van der Waals surface area (Å²) >= 11 is 0. The molecule has 0 aliphatic carbocycles. The summed E-state index contributed by atoms with van der Waals surface area (Å²) in [5.74, 6) is 1.44. The minimum atomic E-state index is 0.451. The molecular weight excluding hydrogens is 224 g/mol. The van der Waals surface area contributed by atoms with E-state index in [1.54, 1.807) is 7.11 Å². The van der Waals surface area contributed by atoms with Gasteiger partial charge in [-0.05, 0) is 24.8 Å². The van der Waals surface area contributed by atoms with E-state index in [1.807, 2.05) is 0 Å². The van der Waals surface area contributed by atoms with Crippen LogP contribution >= 0.6 is 0 Å². The van der Waals surface area contributed by atoms with Crippen LogP contribution in [0.15, 0.2) is 0 Å². The minimum absolute atomic E-state index is 0.451. The van der Waals surface area contributed by atoms with Gasteiger partial charge in [0, 0.05) is 32.8 Å². The monoisotopic (exact) mass is 258 g/mol. The molecule has 1 N–H and O–H groups in total. The maximum atomic E-state index is 5.32. The minimum Gasteiger partial charge on any atom is -0.383 e. The number of rotatable bonds is 11. The first-order valence-electron chi connectivity index (χ1n) is 7.44. The second-order valence-corrected chi connectivity index (χ2v) is 6.11. The quantitative estimate of drug-likeness (QED) is 0.616. The molecule has 0 spiro atoms. The lowest BCUT2D eigenvalue weighted by molar-refractivity contribution is 0.127. The Bertz CT molecular complexity index is 173. The van der Waals surface area contributed by atoms with Gasteiger partial charge in [0.05, 0.1) is 6.61 Å². The molecule has 3 heteroatoms. The molecular formula is C15H34N2O. The highest BCUT2D eigenvalue weighted by molar-refractivity contribution is 4.73. The molecule has 18 heavy (non-hydrogen) atoms. The van der Waals surface area contributed by atoms with Gasteiger partial charge in [-0.25, -0.2) is 0 Å². The highest BCUT2D eigenvalue weighted by Gasteiger charge is 2.15. The molecule has 0 aliphatic heterocycles. The molecule has 0 fully saturated rings. The highest BCUT2D eigenvalue weighted by Crippen LogP contribution is 2.05. The van der Waals surface area contributed by atoms with E-state index in [0.717, 1.165) is 31.5 Å². The molecule has 0 radical (unpaired) electrons. The average molecular weight is 258 g/mol. The van der Waals surface area contributed by atoms with Crippen LogP contribution in [-0.4, -0.2) is 50.8 Å². The molecule has 3 nitrogen and oxygen atoms in total.